The molecule has 0 saturated carbocycles. The lowest BCUT2D eigenvalue weighted by atomic mass is 10.0. The van der Waals surface area contributed by atoms with E-state index in [0.717, 1.165) is 18.5 Å². The monoisotopic (exact) mass is 149 g/mol. The second-order valence-electron chi connectivity index (χ2n) is 2.74. The Bertz CT molecular complexity index is 241. The first-order valence-corrected chi connectivity index (χ1v) is 4.15. The summed E-state index contributed by atoms with van der Waals surface area (Å²) in [4.78, 5) is 0. The molecule has 1 heteroatoms. The number of nitrogens with two attached hydrogens (primary N) is 1. The maximum atomic E-state index is 5.66. The molecule has 0 aromatic heterocycles. The lowest BCUT2D eigenvalue weighted by Gasteiger charge is -2.05. The van der Waals surface area contributed by atoms with Gasteiger partial charge in [0.15, 0.2) is 0 Å². The van der Waals surface area contributed by atoms with Crippen LogP contribution >= 0.6 is 0 Å². The largest absolute Gasteiger partial charge is 0.399 e. The first-order chi connectivity index (χ1) is 5.27. The number of aryl methyl sites for hydroxylation is 2. The third-order valence-electron chi connectivity index (χ3n) is 1.99. The van der Waals surface area contributed by atoms with E-state index in [9.17, 15) is 0 Å². The Morgan fingerprint density at radius 2 is 1.73 bits per heavy atom. The van der Waals surface area contributed by atoms with Gasteiger partial charge in [-0.25, -0.2) is 0 Å². The molecule has 0 aliphatic carbocycles. The van der Waals surface area contributed by atoms with E-state index in [1.807, 2.05) is 6.07 Å². The Hall–Kier alpha value is -0.980. The molecule has 2 N–H and O–H groups in total. The molecule has 0 fully saturated rings. The molecule has 0 heterocycles. The first-order valence-electron chi connectivity index (χ1n) is 4.15. The molecule has 0 spiro atoms. The maximum Gasteiger partial charge on any atom is 0.0316 e. The summed E-state index contributed by atoms with van der Waals surface area (Å²) in [5.41, 5.74) is 9.33. The Kier molecular flexibility index (Phi) is 2.53. The maximum absolute atomic E-state index is 5.66. The normalized spacial score (nSPS) is 10.0. The third kappa shape index (κ3) is 1.73. The van der Waals surface area contributed by atoms with Crippen LogP contribution in [0, 0.1) is 0 Å². The van der Waals surface area contributed by atoms with Crippen LogP contribution in [0.25, 0.3) is 0 Å². The number of hydrogen-bond donors (Lipinski definition) is 1. The molecule has 11 heavy (non-hydrogen) atoms. The highest BCUT2D eigenvalue weighted by molar-refractivity contribution is 5.44. The zero-order valence-corrected chi connectivity index (χ0v) is 7.22. The second kappa shape index (κ2) is 3.42. The van der Waals surface area contributed by atoms with E-state index in [1.165, 1.54) is 11.1 Å². The van der Waals surface area contributed by atoms with Crippen molar-refractivity contribution in [3.8, 4) is 0 Å². The van der Waals surface area contributed by atoms with Gasteiger partial charge in [0.1, 0.15) is 0 Å². The summed E-state index contributed by atoms with van der Waals surface area (Å²) in [5.74, 6) is 0. The number of rotatable bonds is 2. The minimum absolute atomic E-state index is 0.874. The van der Waals surface area contributed by atoms with Gasteiger partial charge in [-0.3, -0.25) is 0 Å². The van der Waals surface area contributed by atoms with Gasteiger partial charge in [0.25, 0.3) is 0 Å². The van der Waals surface area contributed by atoms with Crippen LogP contribution in [0.2, 0.25) is 0 Å². The van der Waals surface area contributed by atoms with Crippen molar-refractivity contribution in [3.05, 3.63) is 29.3 Å². The summed E-state index contributed by atoms with van der Waals surface area (Å²) in [7, 11) is 0. The van der Waals surface area contributed by atoms with Gasteiger partial charge < -0.3 is 5.73 Å². The van der Waals surface area contributed by atoms with Gasteiger partial charge in [-0.2, -0.15) is 0 Å². The van der Waals surface area contributed by atoms with E-state index in [1.54, 1.807) is 0 Å². The van der Waals surface area contributed by atoms with Crippen LogP contribution in [0.5, 0.6) is 0 Å². The second-order valence-corrected chi connectivity index (χ2v) is 2.74. The van der Waals surface area contributed by atoms with Crippen LogP contribution in [0.15, 0.2) is 18.2 Å². The van der Waals surface area contributed by atoms with Crippen LogP contribution in [-0.4, -0.2) is 0 Å². The highest BCUT2D eigenvalue weighted by atomic mass is 14.5. The molecule has 0 bridgehead atoms. The smallest absolute Gasteiger partial charge is 0.0316 e. The van der Waals surface area contributed by atoms with Crippen LogP contribution in [0.1, 0.15) is 25.0 Å². The molecule has 0 unspecified atom stereocenters. The third-order valence-corrected chi connectivity index (χ3v) is 1.99. The molecule has 1 rings (SSSR count). The fourth-order valence-corrected chi connectivity index (χ4v) is 1.32. The van der Waals surface area contributed by atoms with E-state index < -0.39 is 0 Å². The van der Waals surface area contributed by atoms with E-state index in [-0.39, 0.29) is 0 Å². The SMILES string of the molecule is CCc1ccc(N)cc1CC. The predicted octanol–water partition coefficient (Wildman–Crippen LogP) is 2.39. The van der Waals surface area contributed by atoms with E-state index in [4.69, 9.17) is 5.73 Å². The summed E-state index contributed by atoms with van der Waals surface area (Å²) in [6.45, 7) is 4.33. The summed E-state index contributed by atoms with van der Waals surface area (Å²) in [6, 6.07) is 6.16. The molecule has 60 valence electrons. The minimum Gasteiger partial charge on any atom is -0.399 e. The molecule has 1 aromatic rings. The zero-order valence-electron chi connectivity index (χ0n) is 7.22. The van der Waals surface area contributed by atoms with Gasteiger partial charge in [-0.1, -0.05) is 19.9 Å². The minimum atomic E-state index is 0.874. The predicted molar refractivity (Wildman–Crippen MR) is 49.6 cm³/mol. The highest BCUT2D eigenvalue weighted by Gasteiger charge is 1.97. The van der Waals surface area contributed by atoms with Crippen LogP contribution in [0.3, 0.4) is 0 Å². The molecule has 0 aliphatic heterocycles. The van der Waals surface area contributed by atoms with Gasteiger partial charge in [0.2, 0.25) is 0 Å². The molecule has 0 amide bonds. The van der Waals surface area contributed by atoms with Gasteiger partial charge in [-0.05, 0) is 36.1 Å². The average molecular weight is 149 g/mol. The molecule has 0 atom stereocenters. The number of nitrogen functional groups attached to an aromatic ring is 1. The van der Waals surface area contributed by atoms with Crippen LogP contribution < -0.4 is 5.73 Å². The molecule has 1 nitrogen and oxygen atoms in total. The highest BCUT2D eigenvalue weighted by Crippen LogP contribution is 2.14. The summed E-state index contributed by atoms with van der Waals surface area (Å²) >= 11 is 0. The molecular weight excluding hydrogens is 134 g/mol. The van der Waals surface area contributed by atoms with E-state index >= 15 is 0 Å². The van der Waals surface area contributed by atoms with Gasteiger partial charge in [0.05, 0.1) is 0 Å². The van der Waals surface area contributed by atoms with Crippen molar-refractivity contribution < 1.29 is 0 Å². The summed E-state index contributed by atoms with van der Waals surface area (Å²) in [5, 5.41) is 0. The number of hydrogen-bond acceptors (Lipinski definition) is 1. The Labute approximate surface area is 68.2 Å². The van der Waals surface area contributed by atoms with Crippen LogP contribution in [-0.2, 0) is 12.8 Å². The topological polar surface area (TPSA) is 26.0 Å². The molecule has 0 radical (unpaired) electrons. The number of benzene rings is 1. The van der Waals surface area contributed by atoms with Crippen molar-refractivity contribution in [2.45, 2.75) is 26.7 Å². The molecule has 1 aromatic carbocycles. The summed E-state index contributed by atoms with van der Waals surface area (Å²) in [6.07, 6.45) is 2.18. The van der Waals surface area contributed by atoms with Crippen molar-refractivity contribution in [2.24, 2.45) is 0 Å². The fraction of sp³-hybridized carbons (Fsp3) is 0.400. The molecule has 0 aliphatic rings. The van der Waals surface area contributed by atoms with Gasteiger partial charge in [0, 0.05) is 5.69 Å². The molecule has 0 saturated heterocycles. The Balaban J connectivity index is 3.06. The lowest BCUT2D eigenvalue weighted by Crippen LogP contribution is -1.93. The fourth-order valence-electron chi connectivity index (χ4n) is 1.32. The standard InChI is InChI=1S/C10H15N/c1-3-8-5-6-10(11)7-9(8)4-2/h5-7H,3-4,11H2,1-2H3. The van der Waals surface area contributed by atoms with Gasteiger partial charge >= 0.3 is 0 Å². The zero-order chi connectivity index (χ0) is 8.27. The number of anilines is 1. The van der Waals surface area contributed by atoms with Crippen molar-refractivity contribution >= 4 is 5.69 Å². The van der Waals surface area contributed by atoms with Crippen molar-refractivity contribution in [3.63, 3.8) is 0 Å². The van der Waals surface area contributed by atoms with Crippen LogP contribution in [0.4, 0.5) is 5.69 Å². The quantitative estimate of drug-likeness (QED) is 0.642. The Morgan fingerprint density at radius 1 is 1.09 bits per heavy atom. The lowest BCUT2D eigenvalue weighted by molar-refractivity contribution is 1.04. The summed E-state index contributed by atoms with van der Waals surface area (Å²) < 4.78 is 0. The van der Waals surface area contributed by atoms with Crippen molar-refractivity contribution in [1.82, 2.24) is 0 Å². The first kappa shape index (κ1) is 8.12. The Morgan fingerprint density at radius 3 is 2.27 bits per heavy atom. The average Bonchev–Trinajstić information content (AvgIpc) is 2.04. The van der Waals surface area contributed by atoms with Crippen molar-refractivity contribution in [1.29, 1.82) is 0 Å². The molecular formula is C10H15N. The van der Waals surface area contributed by atoms with E-state index in [2.05, 4.69) is 26.0 Å². The van der Waals surface area contributed by atoms with Gasteiger partial charge in [-0.15, -0.1) is 0 Å². The van der Waals surface area contributed by atoms with E-state index in [0.29, 0.717) is 0 Å². The van der Waals surface area contributed by atoms with Crippen molar-refractivity contribution in [2.75, 3.05) is 5.73 Å².